The van der Waals surface area contributed by atoms with E-state index in [9.17, 15) is 0 Å². The molecule has 0 spiro atoms. The van der Waals surface area contributed by atoms with Crippen molar-refractivity contribution in [1.29, 1.82) is 0 Å². The van der Waals surface area contributed by atoms with Crippen molar-refractivity contribution in [1.82, 2.24) is 35.3 Å². The van der Waals surface area contributed by atoms with E-state index in [1.54, 1.807) is 17.1 Å². The van der Waals surface area contributed by atoms with Gasteiger partial charge in [0.15, 0.2) is 0 Å². The molecule has 1 aromatic carbocycles. The molecule has 1 N–H and O–H groups in total. The summed E-state index contributed by atoms with van der Waals surface area (Å²) in [5.41, 5.74) is 2.63. The number of nitrogens with zero attached hydrogens (tertiary/aromatic N) is 6. The van der Waals surface area contributed by atoms with Gasteiger partial charge in [0, 0.05) is 17.6 Å². The second kappa shape index (κ2) is 7.49. The Bertz CT molecular complexity index is 977. The summed E-state index contributed by atoms with van der Waals surface area (Å²) in [6.45, 7) is 0. The second-order valence-electron chi connectivity index (χ2n) is 5.83. The van der Waals surface area contributed by atoms with Crippen LogP contribution in [0, 0.1) is 0 Å². The predicted octanol–water partition coefficient (Wildman–Crippen LogP) is 3.26. The zero-order valence-corrected chi connectivity index (χ0v) is 14.6. The smallest absolute Gasteiger partial charge is 0.226 e. The number of halogens is 1. The Morgan fingerprint density at radius 3 is 2.92 bits per heavy atom. The van der Waals surface area contributed by atoms with Crippen LogP contribution >= 0.6 is 11.6 Å². The van der Waals surface area contributed by atoms with E-state index in [-0.39, 0.29) is 0 Å². The Morgan fingerprint density at radius 2 is 2.08 bits per heavy atom. The number of hydrogen-bond acceptors (Lipinski definition) is 6. The van der Waals surface area contributed by atoms with Crippen molar-refractivity contribution < 1.29 is 4.52 Å². The van der Waals surface area contributed by atoms with Crippen LogP contribution in [0.5, 0.6) is 0 Å². The third-order valence-corrected chi connectivity index (χ3v) is 4.16. The average molecular weight is 370 g/mol. The molecule has 9 heteroatoms. The SMILES string of the molecule is Clc1cccc(-n2cc(-c3noc(CCCCc4cn[nH]n4)n3)cn2)c1. The summed E-state index contributed by atoms with van der Waals surface area (Å²) in [4.78, 5) is 4.45. The zero-order valence-electron chi connectivity index (χ0n) is 13.8. The molecule has 0 atom stereocenters. The van der Waals surface area contributed by atoms with Gasteiger partial charge >= 0.3 is 0 Å². The van der Waals surface area contributed by atoms with Crippen LogP contribution in [0.2, 0.25) is 5.02 Å². The fourth-order valence-electron chi connectivity index (χ4n) is 2.60. The minimum absolute atomic E-state index is 0.532. The van der Waals surface area contributed by atoms with E-state index in [1.807, 2.05) is 30.5 Å². The summed E-state index contributed by atoms with van der Waals surface area (Å²) < 4.78 is 7.07. The van der Waals surface area contributed by atoms with E-state index in [0.29, 0.717) is 16.7 Å². The molecule has 3 heterocycles. The summed E-state index contributed by atoms with van der Waals surface area (Å²) in [6, 6.07) is 7.47. The van der Waals surface area contributed by atoms with E-state index in [0.717, 1.165) is 42.6 Å². The molecule has 8 nitrogen and oxygen atoms in total. The lowest BCUT2D eigenvalue weighted by molar-refractivity contribution is 0.374. The summed E-state index contributed by atoms with van der Waals surface area (Å²) in [5, 5.41) is 19.5. The van der Waals surface area contributed by atoms with Gasteiger partial charge in [-0.25, -0.2) is 4.68 Å². The minimum atomic E-state index is 0.532. The standard InChI is InChI=1S/C17H16ClN7O/c18-13-4-3-6-15(8-13)25-11-12(9-20-25)17-21-16(26-23-17)7-2-1-5-14-10-19-24-22-14/h3-4,6,8-11H,1-2,5,7H2,(H,19,22,24). The molecule has 132 valence electrons. The Hall–Kier alpha value is -3.00. The largest absolute Gasteiger partial charge is 0.339 e. The van der Waals surface area contributed by atoms with Crippen LogP contribution in [0.4, 0.5) is 0 Å². The first-order valence-electron chi connectivity index (χ1n) is 8.26. The highest BCUT2D eigenvalue weighted by molar-refractivity contribution is 6.30. The number of hydrogen-bond donors (Lipinski definition) is 1. The number of aromatic amines is 1. The lowest BCUT2D eigenvalue weighted by atomic mass is 10.1. The van der Waals surface area contributed by atoms with Gasteiger partial charge < -0.3 is 4.52 Å². The molecule has 0 amide bonds. The summed E-state index contributed by atoms with van der Waals surface area (Å²) >= 11 is 6.02. The van der Waals surface area contributed by atoms with Crippen molar-refractivity contribution in [2.24, 2.45) is 0 Å². The van der Waals surface area contributed by atoms with E-state index in [4.69, 9.17) is 16.1 Å². The number of nitrogens with one attached hydrogen (secondary N) is 1. The van der Waals surface area contributed by atoms with Gasteiger partial charge in [-0.05, 0) is 37.5 Å². The lowest BCUT2D eigenvalue weighted by Crippen LogP contribution is -1.93. The topological polar surface area (TPSA) is 98.3 Å². The molecular weight excluding hydrogens is 354 g/mol. The molecule has 4 rings (SSSR count). The average Bonchev–Trinajstić information content (AvgIpc) is 3.39. The van der Waals surface area contributed by atoms with Crippen molar-refractivity contribution in [3.05, 3.63) is 59.5 Å². The van der Waals surface area contributed by atoms with Gasteiger partial charge in [0.1, 0.15) is 0 Å². The molecule has 0 fully saturated rings. The Kier molecular flexibility index (Phi) is 4.74. The van der Waals surface area contributed by atoms with Crippen molar-refractivity contribution in [3.63, 3.8) is 0 Å². The quantitative estimate of drug-likeness (QED) is 0.502. The number of H-pyrrole nitrogens is 1. The van der Waals surface area contributed by atoms with Gasteiger partial charge in [-0.3, -0.25) is 0 Å². The maximum atomic E-state index is 6.02. The monoisotopic (exact) mass is 369 g/mol. The molecule has 0 saturated heterocycles. The third kappa shape index (κ3) is 3.80. The van der Waals surface area contributed by atoms with E-state index in [1.165, 1.54) is 0 Å². The Balaban J connectivity index is 1.37. The minimum Gasteiger partial charge on any atom is -0.339 e. The number of unbranched alkanes of at least 4 members (excludes halogenated alkanes) is 1. The number of aryl methyl sites for hydroxylation is 2. The fourth-order valence-corrected chi connectivity index (χ4v) is 2.78. The van der Waals surface area contributed by atoms with Crippen molar-refractivity contribution >= 4 is 11.6 Å². The van der Waals surface area contributed by atoms with Crippen LogP contribution in [0.25, 0.3) is 17.1 Å². The van der Waals surface area contributed by atoms with Gasteiger partial charge in [-0.1, -0.05) is 22.8 Å². The molecule has 26 heavy (non-hydrogen) atoms. The van der Waals surface area contributed by atoms with Gasteiger partial charge in [-0.2, -0.15) is 25.5 Å². The van der Waals surface area contributed by atoms with Gasteiger partial charge in [-0.15, -0.1) is 0 Å². The number of aromatic nitrogens is 7. The molecule has 0 unspecified atom stereocenters. The first kappa shape index (κ1) is 16.5. The molecule has 0 aliphatic heterocycles. The van der Waals surface area contributed by atoms with Crippen molar-refractivity contribution in [2.75, 3.05) is 0 Å². The molecule has 0 aliphatic rings. The molecule has 4 aromatic rings. The van der Waals surface area contributed by atoms with E-state index in [2.05, 4.69) is 30.7 Å². The van der Waals surface area contributed by atoms with E-state index < -0.39 is 0 Å². The summed E-state index contributed by atoms with van der Waals surface area (Å²) in [7, 11) is 0. The number of benzene rings is 1. The fraction of sp³-hybridized carbons (Fsp3) is 0.235. The highest BCUT2D eigenvalue weighted by Crippen LogP contribution is 2.19. The molecule has 0 aliphatic carbocycles. The van der Waals surface area contributed by atoms with Crippen LogP contribution in [0.3, 0.4) is 0 Å². The maximum Gasteiger partial charge on any atom is 0.226 e. The highest BCUT2D eigenvalue weighted by Gasteiger charge is 2.11. The van der Waals surface area contributed by atoms with Crippen molar-refractivity contribution in [3.8, 4) is 17.1 Å². The normalized spacial score (nSPS) is 11.1. The van der Waals surface area contributed by atoms with Gasteiger partial charge in [0.05, 0.1) is 29.3 Å². The third-order valence-electron chi connectivity index (χ3n) is 3.92. The lowest BCUT2D eigenvalue weighted by Gasteiger charge is -2.00. The molecule has 3 aromatic heterocycles. The highest BCUT2D eigenvalue weighted by atomic mass is 35.5. The van der Waals surface area contributed by atoms with Gasteiger partial charge in [0.2, 0.25) is 11.7 Å². The van der Waals surface area contributed by atoms with E-state index >= 15 is 0 Å². The first-order chi connectivity index (χ1) is 12.8. The zero-order chi connectivity index (χ0) is 17.8. The van der Waals surface area contributed by atoms with Crippen LogP contribution in [0.1, 0.15) is 24.4 Å². The maximum absolute atomic E-state index is 6.02. The van der Waals surface area contributed by atoms with Gasteiger partial charge in [0.25, 0.3) is 0 Å². The summed E-state index contributed by atoms with van der Waals surface area (Å²) in [5.74, 6) is 1.15. The van der Waals surface area contributed by atoms with Crippen LogP contribution in [-0.2, 0) is 12.8 Å². The predicted molar refractivity (Wildman–Crippen MR) is 94.9 cm³/mol. The molecular formula is C17H16ClN7O. The second-order valence-corrected chi connectivity index (χ2v) is 6.27. The molecule has 0 radical (unpaired) electrons. The molecule has 0 bridgehead atoms. The number of rotatable bonds is 7. The first-order valence-corrected chi connectivity index (χ1v) is 8.64. The van der Waals surface area contributed by atoms with Crippen LogP contribution in [0.15, 0.2) is 47.4 Å². The Labute approximate surface area is 154 Å². The molecule has 0 saturated carbocycles. The van der Waals surface area contributed by atoms with Crippen LogP contribution < -0.4 is 0 Å². The van der Waals surface area contributed by atoms with Crippen molar-refractivity contribution in [2.45, 2.75) is 25.7 Å². The Morgan fingerprint density at radius 1 is 1.15 bits per heavy atom. The van der Waals surface area contributed by atoms with Crippen LogP contribution in [-0.4, -0.2) is 35.3 Å². The summed E-state index contributed by atoms with van der Waals surface area (Å²) in [6.07, 6.45) is 8.83.